The average molecular weight is 137 g/mol. The van der Waals surface area contributed by atoms with Gasteiger partial charge in [0.15, 0.2) is 0 Å². The minimum atomic E-state index is -0.468. The third-order valence-corrected chi connectivity index (χ3v) is 1.16. The van der Waals surface area contributed by atoms with Crippen LogP contribution in [0.1, 0.15) is 17.4 Å². The maximum atomic E-state index is 10.8. The Balaban J connectivity index is 2.88. The van der Waals surface area contributed by atoms with E-state index in [1.165, 1.54) is 6.92 Å². The first-order chi connectivity index (χ1) is 4.72. The van der Waals surface area contributed by atoms with Crippen molar-refractivity contribution in [2.45, 2.75) is 6.92 Å². The van der Waals surface area contributed by atoms with Crippen molar-refractivity contribution >= 4 is 11.6 Å². The number of Topliss-reactive ketones (excluding diaryl/α,β-unsaturated/α-hetero) is 2. The van der Waals surface area contributed by atoms with E-state index in [9.17, 15) is 9.59 Å². The molecule has 0 atom stereocenters. The van der Waals surface area contributed by atoms with Gasteiger partial charge in [-0.25, -0.2) is 0 Å². The molecule has 52 valence electrons. The largest absolute Gasteiger partial charge is 0.358 e. The lowest BCUT2D eigenvalue weighted by Gasteiger charge is -1.87. The summed E-state index contributed by atoms with van der Waals surface area (Å²) in [6.45, 7) is 1.25. The molecule has 0 aliphatic rings. The molecule has 0 saturated heterocycles. The van der Waals surface area contributed by atoms with E-state index >= 15 is 0 Å². The normalized spacial score (nSPS) is 9.30. The Kier molecular flexibility index (Phi) is 1.67. The summed E-state index contributed by atoms with van der Waals surface area (Å²) in [4.78, 5) is 23.9. The molecule has 1 aromatic heterocycles. The van der Waals surface area contributed by atoms with E-state index in [1.54, 1.807) is 18.3 Å². The molecule has 0 aliphatic heterocycles. The molecule has 1 N–H and O–H groups in total. The van der Waals surface area contributed by atoms with Crippen LogP contribution in [-0.2, 0) is 4.79 Å². The second kappa shape index (κ2) is 2.47. The summed E-state index contributed by atoms with van der Waals surface area (Å²) < 4.78 is 0. The lowest BCUT2D eigenvalue weighted by atomic mass is 10.2. The first kappa shape index (κ1) is 6.74. The van der Waals surface area contributed by atoms with Gasteiger partial charge in [-0.15, -0.1) is 0 Å². The molecule has 0 saturated carbocycles. The SMILES string of the molecule is CC(=O)C(=O)c1ccc[nH]1. The fraction of sp³-hybridized carbons (Fsp3) is 0.143. The number of aromatic nitrogens is 1. The van der Waals surface area contributed by atoms with Gasteiger partial charge < -0.3 is 4.98 Å². The molecular formula is C7H7NO2. The van der Waals surface area contributed by atoms with E-state index < -0.39 is 11.6 Å². The summed E-state index contributed by atoms with van der Waals surface area (Å²) in [5.74, 6) is -0.910. The third-order valence-electron chi connectivity index (χ3n) is 1.16. The Bertz CT molecular complexity index is 249. The van der Waals surface area contributed by atoms with Crippen molar-refractivity contribution < 1.29 is 9.59 Å². The Hall–Kier alpha value is -1.38. The maximum Gasteiger partial charge on any atom is 0.244 e. The molecule has 0 bridgehead atoms. The summed E-state index contributed by atoms with van der Waals surface area (Å²) >= 11 is 0. The zero-order valence-corrected chi connectivity index (χ0v) is 5.55. The molecule has 10 heavy (non-hydrogen) atoms. The molecule has 1 rings (SSSR count). The molecule has 0 radical (unpaired) electrons. The van der Waals surface area contributed by atoms with Crippen LogP contribution in [0.2, 0.25) is 0 Å². The molecule has 3 heteroatoms. The quantitative estimate of drug-likeness (QED) is 0.483. The summed E-state index contributed by atoms with van der Waals surface area (Å²) in [5, 5.41) is 0. The van der Waals surface area contributed by atoms with E-state index in [4.69, 9.17) is 0 Å². The molecule has 1 aromatic rings. The highest BCUT2D eigenvalue weighted by molar-refractivity contribution is 6.42. The van der Waals surface area contributed by atoms with Crippen molar-refractivity contribution in [3.63, 3.8) is 0 Å². The van der Waals surface area contributed by atoms with Gasteiger partial charge in [0.1, 0.15) is 0 Å². The van der Waals surface area contributed by atoms with Gasteiger partial charge in [0, 0.05) is 13.1 Å². The van der Waals surface area contributed by atoms with E-state index in [0.717, 1.165) is 0 Å². The van der Waals surface area contributed by atoms with E-state index in [-0.39, 0.29) is 0 Å². The summed E-state index contributed by atoms with van der Waals surface area (Å²) in [6.07, 6.45) is 1.61. The molecule has 0 unspecified atom stereocenters. The van der Waals surface area contributed by atoms with Crippen molar-refractivity contribution in [1.29, 1.82) is 0 Å². The average Bonchev–Trinajstić information content (AvgIpc) is 2.36. The summed E-state index contributed by atoms with van der Waals surface area (Å²) in [7, 11) is 0. The van der Waals surface area contributed by atoms with Gasteiger partial charge >= 0.3 is 0 Å². The van der Waals surface area contributed by atoms with Crippen LogP contribution in [0, 0.1) is 0 Å². The highest BCUT2D eigenvalue weighted by atomic mass is 16.2. The zero-order valence-electron chi connectivity index (χ0n) is 5.55. The first-order valence-corrected chi connectivity index (χ1v) is 2.90. The molecule has 0 aliphatic carbocycles. The first-order valence-electron chi connectivity index (χ1n) is 2.90. The Morgan fingerprint density at radius 2 is 2.20 bits per heavy atom. The topological polar surface area (TPSA) is 49.9 Å². The van der Waals surface area contributed by atoms with Crippen molar-refractivity contribution in [2.24, 2.45) is 0 Å². The van der Waals surface area contributed by atoms with Crippen LogP contribution < -0.4 is 0 Å². The van der Waals surface area contributed by atoms with Gasteiger partial charge in [-0.05, 0) is 12.1 Å². The van der Waals surface area contributed by atoms with Crippen LogP contribution in [0.4, 0.5) is 0 Å². The molecule has 0 amide bonds. The number of ketones is 2. The monoisotopic (exact) mass is 137 g/mol. The molecule has 0 fully saturated rings. The van der Waals surface area contributed by atoms with Gasteiger partial charge in [0.05, 0.1) is 5.69 Å². The fourth-order valence-electron chi connectivity index (χ4n) is 0.661. The number of carbonyl (C=O) groups is 2. The Morgan fingerprint density at radius 3 is 2.60 bits per heavy atom. The van der Waals surface area contributed by atoms with Crippen LogP contribution in [0.25, 0.3) is 0 Å². The Labute approximate surface area is 58.1 Å². The minimum absolute atomic E-state index is 0.354. The van der Waals surface area contributed by atoms with Crippen LogP contribution in [-0.4, -0.2) is 16.6 Å². The number of hydrogen-bond acceptors (Lipinski definition) is 2. The van der Waals surface area contributed by atoms with Gasteiger partial charge in [-0.3, -0.25) is 9.59 Å². The standard InChI is InChI=1S/C7H7NO2/c1-5(9)7(10)6-3-2-4-8-6/h2-4,8H,1H3. The number of nitrogens with one attached hydrogen (secondary N) is 1. The molecule has 3 nitrogen and oxygen atoms in total. The maximum absolute atomic E-state index is 10.8. The van der Waals surface area contributed by atoms with Crippen LogP contribution in [0.15, 0.2) is 18.3 Å². The van der Waals surface area contributed by atoms with Crippen molar-refractivity contribution in [3.8, 4) is 0 Å². The highest BCUT2D eigenvalue weighted by Gasteiger charge is 2.10. The van der Waals surface area contributed by atoms with E-state index in [0.29, 0.717) is 5.69 Å². The van der Waals surface area contributed by atoms with Crippen molar-refractivity contribution in [1.82, 2.24) is 4.98 Å². The second-order valence-electron chi connectivity index (χ2n) is 1.97. The predicted octanol–water partition coefficient (Wildman–Crippen LogP) is 0.786. The fourth-order valence-corrected chi connectivity index (χ4v) is 0.661. The summed E-state index contributed by atoms with van der Waals surface area (Å²) in [6, 6.07) is 3.25. The van der Waals surface area contributed by atoms with E-state index in [2.05, 4.69) is 4.98 Å². The lowest BCUT2D eigenvalue weighted by molar-refractivity contribution is -0.113. The molecule has 1 heterocycles. The number of carbonyl (C=O) groups excluding carboxylic acids is 2. The third kappa shape index (κ3) is 1.13. The molecule has 0 aromatic carbocycles. The van der Waals surface area contributed by atoms with Crippen molar-refractivity contribution in [3.05, 3.63) is 24.0 Å². The van der Waals surface area contributed by atoms with Gasteiger partial charge in [0.2, 0.25) is 11.6 Å². The zero-order chi connectivity index (χ0) is 7.56. The summed E-state index contributed by atoms with van der Waals surface area (Å²) in [5.41, 5.74) is 0.354. The predicted molar refractivity (Wildman–Crippen MR) is 35.8 cm³/mol. The molecule has 0 spiro atoms. The second-order valence-corrected chi connectivity index (χ2v) is 1.97. The van der Waals surface area contributed by atoms with Crippen LogP contribution in [0.3, 0.4) is 0 Å². The van der Waals surface area contributed by atoms with Gasteiger partial charge in [-0.2, -0.15) is 0 Å². The number of H-pyrrole nitrogens is 1. The molecular weight excluding hydrogens is 130 g/mol. The minimum Gasteiger partial charge on any atom is -0.358 e. The van der Waals surface area contributed by atoms with Gasteiger partial charge in [0.25, 0.3) is 0 Å². The highest BCUT2D eigenvalue weighted by Crippen LogP contribution is 1.95. The lowest BCUT2D eigenvalue weighted by Crippen LogP contribution is -2.09. The number of rotatable bonds is 2. The van der Waals surface area contributed by atoms with Crippen LogP contribution in [0.5, 0.6) is 0 Å². The van der Waals surface area contributed by atoms with Crippen LogP contribution >= 0.6 is 0 Å². The van der Waals surface area contributed by atoms with Crippen molar-refractivity contribution in [2.75, 3.05) is 0 Å². The van der Waals surface area contributed by atoms with E-state index in [1.807, 2.05) is 0 Å². The smallest absolute Gasteiger partial charge is 0.244 e. The Morgan fingerprint density at radius 1 is 1.50 bits per heavy atom. The number of hydrogen-bond donors (Lipinski definition) is 1. The van der Waals surface area contributed by atoms with Gasteiger partial charge in [-0.1, -0.05) is 0 Å². The number of aromatic amines is 1.